The standard InChI is InChI=1S/C21H17F3N4O3S/c22-21(23,24)31-13-7-5-12(6-8-13)20(30)28-10-9-16-17(11-28)32-19(27-16)18(29)26-15-4-2-1-3-14(15)25/h1-8H,9-11,25H2,(H,26,29). The maximum atomic E-state index is 12.8. The highest BCUT2D eigenvalue weighted by Gasteiger charge is 2.31. The van der Waals surface area contributed by atoms with Crippen LogP contribution < -0.4 is 15.8 Å². The van der Waals surface area contributed by atoms with E-state index in [1.807, 2.05) is 0 Å². The molecule has 2 aromatic carbocycles. The summed E-state index contributed by atoms with van der Waals surface area (Å²) in [5.41, 5.74) is 7.76. The van der Waals surface area contributed by atoms with E-state index in [2.05, 4.69) is 15.0 Å². The van der Waals surface area contributed by atoms with Gasteiger partial charge in [0.15, 0.2) is 5.01 Å². The van der Waals surface area contributed by atoms with Gasteiger partial charge in [0.2, 0.25) is 0 Å². The Kier molecular flexibility index (Phi) is 5.74. The van der Waals surface area contributed by atoms with Crippen LogP contribution in [0.1, 0.15) is 30.7 Å². The minimum Gasteiger partial charge on any atom is -0.406 e. The number of para-hydroxylation sites is 2. The van der Waals surface area contributed by atoms with Crippen LogP contribution in [0.15, 0.2) is 48.5 Å². The number of nitrogens with one attached hydrogen (secondary N) is 1. The zero-order valence-corrected chi connectivity index (χ0v) is 17.3. The van der Waals surface area contributed by atoms with E-state index in [4.69, 9.17) is 5.73 Å². The van der Waals surface area contributed by atoms with Crippen molar-refractivity contribution < 1.29 is 27.5 Å². The van der Waals surface area contributed by atoms with Crippen LogP contribution in [0.3, 0.4) is 0 Å². The summed E-state index contributed by atoms with van der Waals surface area (Å²) in [5, 5.41) is 2.99. The number of fused-ring (bicyclic) bond motifs is 1. The fourth-order valence-corrected chi connectivity index (χ4v) is 4.25. The van der Waals surface area contributed by atoms with Gasteiger partial charge in [0.1, 0.15) is 5.75 Å². The molecule has 0 unspecified atom stereocenters. The topological polar surface area (TPSA) is 97.5 Å². The highest BCUT2D eigenvalue weighted by atomic mass is 32.1. The van der Waals surface area contributed by atoms with Crippen molar-refractivity contribution in [2.75, 3.05) is 17.6 Å². The van der Waals surface area contributed by atoms with Gasteiger partial charge in [0.05, 0.1) is 23.6 Å². The second-order valence-corrected chi connectivity index (χ2v) is 8.06. The number of anilines is 2. The first-order valence-electron chi connectivity index (χ1n) is 9.49. The Balaban J connectivity index is 1.43. The third-order valence-electron chi connectivity index (χ3n) is 4.76. The summed E-state index contributed by atoms with van der Waals surface area (Å²) < 4.78 is 40.7. The van der Waals surface area contributed by atoms with Crippen molar-refractivity contribution in [1.82, 2.24) is 9.88 Å². The van der Waals surface area contributed by atoms with Gasteiger partial charge in [-0.2, -0.15) is 0 Å². The molecule has 1 aliphatic rings. The number of aromatic nitrogens is 1. The third-order valence-corrected chi connectivity index (χ3v) is 5.84. The Hall–Kier alpha value is -3.60. The molecule has 0 radical (unpaired) electrons. The van der Waals surface area contributed by atoms with E-state index < -0.39 is 12.1 Å². The van der Waals surface area contributed by atoms with Gasteiger partial charge in [-0.3, -0.25) is 9.59 Å². The van der Waals surface area contributed by atoms with Crippen molar-refractivity contribution in [2.24, 2.45) is 0 Å². The molecule has 32 heavy (non-hydrogen) atoms. The maximum absolute atomic E-state index is 12.8. The van der Waals surface area contributed by atoms with Crippen LogP contribution in [0, 0.1) is 0 Å². The molecule has 3 N–H and O–H groups in total. The van der Waals surface area contributed by atoms with Gasteiger partial charge < -0.3 is 20.7 Å². The molecule has 166 valence electrons. The molecule has 7 nitrogen and oxygen atoms in total. The average Bonchev–Trinajstić information content (AvgIpc) is 3.18. The molecule has 1 aromatic heterocycles. The predicted octanol–water partition coefficient (Wildman–Crippen LogP) is 4.07. The Labute approximate surface area is 184 Å². The van der Waals surface area contributed by atoms with Crippen molar-refractivity contribution in [3.05, 3.63) is 69.7 Å². The van der Waals surface area contributed by atoms with E-state index in [9.17, 15) is 22.8 Å². The van der Waals surface area contributed by atoms with Gasteiger partial charge in [0.25, 0.3) is 11.8 Å². The number of alkyl halides is 3. The summed E-state index contributed by atoms with van der Waals surface area (Å²) in [7, 11) is 0. The lowest BCUT2D eigenvalue weighted by atomic mass is 10.1. The molecule has 2 amide bonds. The average molecular weight is 462 g/mol. The molecule has 0 fully saturated rings. The largest absolute Gasteiger partial charge is 0.573 e. The van der Waals surface area contributed by atoms with Crippen molar-refractivity contribution in [1.29, 1.82) is 0 Å². The Morgan fingerprint density at radius 1 is 1.12 bits per heavy atom. The SMILES string of the molecule is Nc1ccccc1NC(=O)c1nc2c(s1)CN(C(=O)c1ccc(OC(F)(F)F)cc1)CC2. The molecular weight excluding hydrogens is 445 g/mol. The first-order valence-corrected chi connectivity index (χ1v) is 10.3. The van der Waals surface area contributed by atoms with Crippen molar-refractivity contribution >= 4 is 34.5 Å². The number of carbonyl (C=O) groups is 2. The molecule has 0 bridgehead atoms. The fraction of sp³-hybridized carbons (Fsp3) is 0.190. The summed E-state index contributed by atoms with van der Waals surface area (Å²) in [5.74, 6) is -1.11. The van der Waals surface area contributed by atoms with E-state index in [1.165, 1.54) is 23.5 Å². The number of hydrogen-bond donors (Lipinski definition) is 2. The number of amides is 2. The van der Waals surface area contributed by atoms with Gasteiger partial charge in [-0.25, -0.2) is 4.98 Å². The van der Waals surface area contributed by atoms with Crippen LogP contribution >= 0.6 is 11.3 Å². The molecule has 0 saturated carbocycles. The Morgan fingerprint density at radius 3 is 2.53 bits per heavy atom. The maximum Gasteiger partial charge on any atom is 0.573 e. The lowest BCUT2D eigenvalue weighted by molar-refractivity contribution is -0.274. The molecule has 2 heterocycles. The number of carbonyl (C=O) groups excluding carboxylic acids is 2. The summed E-state index contributed by atoms with van der Waals surface area (Å²) >= 11 is 1.19. The Morgan fingerprint density at radius 2 is 1.84 bits per heavy atom. The first kappa shape index (κ1) is 21.6. The minimum atomic E-state index is -4.79. The highest BCUT2D eigenvalue weighted by Crippen LogP contribution is 2.28. The first-order chi connectivity index (χ1) is 15.2. The van der Waals surface area contributed by atoms with Gasteiger partial charge in [-0.1, -0.05) is 12.1 Å². The fourth-order valence-electron chi connectivity index (χ4n) is 3.23. The van der Waals surface area contributed by atoms with Gasteiger partial charge >= 0.3 is 6.36 Å². The summed E-state index contributed by atoms with van der Waals surface area (Å²) in [6.45, 7) is 0.635. The number of nitrogens with two attached hydrogens (primary N) is 1. The predicted molar refractivity (Wildman–Crippen MR) is 112 cm³/mol. The lowest BCUT2D eigenvalue weighted by Crippen LogP contribution is -2.35. The van der Waals surface area contributed by atoms with Gasteiger partial charge in [-0.15, -0.1) is 24.5 Å². The third kappa shape index (κ3) is 4.83. The van der Waals surface area contributed by atoms with Gasteiger partial charge in [0, 0.05) is 23.4 Å². The smallest absolute Gasteiger partial charge is 0.406 e. The number of benzene rings is 2. The number of nitrogens with zero attached hydrogens (tertiary/aromatic N) is 2. The summed E-state index contributed by atoms with van der Waals surface area (Å²) in [6, 6.07) is 11.6. The van der Waals surface area contributed by atoms with Crippen molar-refractivity contribution in [2.45, 2.75) is 19.3 Å². The normalized spacial score (nSPS) is 13.4. The molecule has 0 saturated heterocycles. The van der Waals surface area contributed by atoms with Gasteiger partial charge in [-0.05, 0) is 36.4 Å². The number of ether oxygens (including phenoxy) is 1. The van der Waals surface area contributed by atoms with Crippen LogP contribution in [-0.4, -0.2) is 34.6 Å². The van der Waals surface area contributed by atoms with E-state index >= 15 is 0 Å². The lowest BCUT2D eigenvalue weighted by Gasteiger charge is -2.26. The van der Waals surface area contributed by atoms with Crippen molar-refractivity contribution in [3.8, 4) is 5.75 Å². The number of thiazole rings is 1. The molecule has 11 heteroatoms. The molecular formula is C21H17F3N4O3S. The van der Waals surface area contributed by atoms with E-state index in [1.54, 1.807) is 29.2 Å². The molecule has 4 rings (SSSR count). The molecule has 3 aromatic rings. The van der Waals surface area contributed by atoms with E-state index in [0.717, 1.165) is 22.7 Å². The van der Waals surface area contributed by atoms with Crippen LogP contribution in [-0.2, 0) is 13.0 Å². The highest BCUT2D eigenvalue weighted by molar-refractivity contribution is 7.13. The number of nitrogen functional groups attached to an aromatic ring is 1. The molecule has 0 spiro atoms. The molecule has 0 aliphatic carbocycles. The summed E-state index contributed by atoms with van der Waals surface area (Å²) in [6.07, 6.45) is -4.33. The quantitative estimate of drug-likeness (QED) is 0.570. The van der Waals surface area contributed by atoms with Crippen LogP contribution in [0.2, 0.25) is 0 Å². The van der Waals surface area contributed by atoms with Crippen LogP contribution in [0.5, 0.6) is 5.75 Å². The summed E-state index contributed by atoms with van der Waals surface area (Å²) in [4.78, 5) is 32.1. The molecule has 0 atom stereocenters. The molecule has 1 aliphatic heterocycles. The minimum absolute atomic E-state index is 0.241. The monoisotopic (exact) mass is 462 g/mol. The second-order valence-electron chi connectivity index (χ2n) is 6.98. The number of halogens is 3. The van der Waals surface area contributed by atoms with Crippen LogP contribution in [0.25, 0.3) is 0 Å². The number of rotatable bonds is 4. The van der Waals surface area contributed by atoms with E-state index in [-0.39, 0.29) is 28.9 Å². The Bertz CT molecular complexity index is 1160. The number of hydrogen-bond acceptors (Lipinski definition) is 6. The van der Waals surface area contributed by atoms with Crippen LogP contribution in [0.4, 0.5) is 24.5 Å². The second kappa shape index (κ2) is 8.50. The zero-order chi connectivity index (χ0) is 22.9. The van der Waals surface area contributed by atoms with E-state index in [0.29, 0.717) is 24.3 Å². The van der Waals surface area contributed by atoms with Crippen molar-refractivity contribution in [3.63, 3.8) is 0 Å². The zero-order valence-electron chi connectivity index (χ0n) is 16.5.